The van der Waals surface area contributed by atoms with Crippen molar-refractivity contribution in [1.29, 1.82) is 0 Å². The average molecular weight is 415 g/mol. The van der Waals surface area contributed by atoms with Crippen molar-refractivity contribution in [3.05, 3.63) is 59.7 Å². The van der Waals surface area contributed by atoms with Gasteiger partial charge in [0.1, 0.15) is 11.5 Å². The van der Waals surface area contributed by atoms with Crippen molar-refractivity contribution >= 4 is 18.3 Å². The van der Waals surface area contributed by atoms with E-state index in [0.29, 0.717) is 11.3 Å². The number of nitrogens with one attached hydrogen (secondary N) is 1. The molecule has 2 aromatic rings. The molecule has 3 rings (SSSR count). The second-order valence-electron chi connectivity index (χ2n) is 6.55. The summed E-state index contributed by atoms with van der Waals surface area (Å²) in [6.45, 7) is 1.75. The van der Waals surface area contributed by atoms with Gasteiger partial charge < -0.3 is 15.0 Å². The van der Waals surface area contributed by atoms with Gasteiger partial charge in [0.05, 0.1) is 5.56 Å². The highest BCUT2D eigenvalue weighted by atomic mass is 35.5. The Balaban J connectivity index is 0.00000280. The third-order valence-corrected chi connectivity index (χ3v) is 4.65. The molecule has 2 aromatic carbocycles. The number of alkyl halides is 3. The summed E-state index contributed by atoms with van der Waals surface area (Å²) in [6, 6.07) is 11.3. The molecule has 1 amide bonds. The van der Waals surface area contributed by atoms with Crippen LogP contribution in [0.4, 0.5) is 13.2 Å². The van der Waals surface area contributed by atoms with Crippen LogP contribution in [0.5, 0.6) is 11.5 Å². The van der Waals surface area contributed by atoms with Crippen molar-refractivity contribution in [3.8, 4) is 11.5 Å². The standard InChI is InChI=1S/C20H21F3N2O2.ClH/c1-25(16-8-10-24-11-9-16)19(26)14-4-2-6-17(12-14)27-18-7-3-5-15(13-18)20(21,22)23;/h2-7,12-13,16,24H,8-11H2,1H3;1H. The maximum atomic E-state index is 12.8. The summed E-state index contributed by atoms with van der Waals surface area (Å²) < 4.78 is 44.0. The summed E-state index contributed by atoms with van der Waals surface area (Å²) in [4.78, 5) is 14.5. The van der Waals surface area contributed by atoms with Crippen LogP contribution in [-0.4, -0.2) is 37.0 Å². The minimum absolute atomic E-state index is 0. The van der Waals surface area contributed by atoms with Gasteiger partial charge in [0, 0.05) is 18.7 Å². The molecule has 0 aliphatic carbocycles. The van der Waals surface area contributed by atoms with Crippen molar-refractivity contribution < 1.29 is 22.7 Å². The first-order chi connectivity index (χ1) is 12.8. The Morgan fingerprint density at radius 3 is 2.32 bits per heavy atom. The average Bonchev–Trinajstić information content (AvgIpc) is 2.67. The van der Waals surface area contributed by atoms with Crippen LogP contribution in [-0.2, 0) is 6.18 Å². The van der Waals surface area contributed by atoms with Crippen molar-refractivity contribution in [2.75, 3.05) is 20.1 Å². The van der Waals surface area contributed by atoms with E-state index in [4.69, 9.17) is 4.74 Å². The molecular formula is C20H22ClF3N2O2. The predicted molar refractivity (Wildman–Crippen MR) is 103 cm³/mol. The van der Waals surface area contributed by atoms with E-state index >= 15 is 0 Å². The number of amides is 1. The van der Waals surface area contributed by atoms with Crippen LogP contribution in [0.3, 0.4) is 0 Å². The number of carbonyl (C=O) groups excluding carboxylic acids is 1. The van der Waals surface area contributed by atoms with Gasteiger partial charge in [0.25, 0.3) is 5.91 Å². The molecule has 8 heteroatoms. The fourth-order valence-electron chi connectivity index (χ4n) is 3.13. The number of nitrogens with zero attached hydrogens (tertiary/aromatic N) is 1. The van der Waals surface area contributed by atoms with Crippen LogP contribution in [0.15, 0.2) is 48.5 Å². The number of benzene rings is 2. The van der Waals surface area contributed by atoms with E-state index in [1.165, 1.54) is 12.1 Å². The highest BCUT2D eigenvalue weighted by Crippen LogP contribution is 2.32. The van der Waals surface area contributed by atoms with Crippen molar-refractivity contribution in [1.82, 2.24) is 10.2 Å². The smallest absolute Gasteiger partial charge is 0.416 e. The van der Waals surface area contributed by atoms with E-state index in [2.05, 4.69) is 5.32 Å². The number of halogens is 4. The van der Waals surface area contributed by atoms with Gasteiger partial charge in [0.15, 0.2) is 0 Å². The van der Waals surface area contributed by atoms with E-state index < -0.39 is 11.7 Å². The highest BCUT2D eigenvalue weighted by Gasteiger charge is 2.30. The lowest BCUT2D eigenvalue weighted by Gasteiger charge is -2.31. The molecule has 1 heterocycles. The predicted octanol–water partition coefficient (Wildman–Crippen LogP) is 4.74. The van der Waals surface area contributed by atoms with Crippen LogP contribution in [0.2, 0.25) is 0 Å². The van der Waals surface area contributed by atoms with Crippen LogP contribution in [0.1, 0.15) is 28.8 Å². The van der Waals surface area contributed by atoms with Crippen LogP contribution < -0.4 is 10.1 Å². The maximum Gasteiger partial charge on any atom is 0.416 e. The van der Waals surface area contributed by atoms with Crippen molar-refractivity contribution in [2.24, 2.45) is 0 Å². The van der Waals surface area contributed by atoms with Gasteiger partial charge in [-0.1, -0.05) is 12.1 Å². The third-order valence-electron chi connectivity index (χ3n) is 4.65. The molecule has 0 unspecified atom stereocenters. The summed E-state index contributed by atoms with van der Waals surface area (Å²) in [5.41, 5.74) is -0.335. The molecule has 0 radical (unpaired) electrons. The van der Waals surface area contributed by atoms with Crippen LogP contribution in [0, 0.1) is 0 Å². The number of piperidine rings is 1. The molecule has 4 nitrogen and oxygen atoms in total. The number of hydrogen-bond donors (Lipinski definition) is 1. The zero-order valence-electron chi connectivity index (χ0n) is 15.3. The minimum atomic E-state index is -4.44. The van der Waals surface area contributed by atoms with Crippen LogP contribution in [0.25, 0.3) is 0 Å². The molecule has 1 N–H and O–H groups in total. The largest absolute Gasteiger partial charge is 0.457 e. The first-order valence-corrected chi connectivity index (χ1v) is 8.77. The number of ether oxygens (including phenoxy) is 1. The second-order valence-corrected chi connectivity index (χ2v) is 6.55. The molecule has 0 bridgehead atoms. The molecule has 1 aliphatic heterocycles. The zero-order chi connectivity index (χ0) is 19.4. The fraction of sp³-hybridized carbons (Fsp3) is 0.350. The maximum absolute atomic E-state index is 12.8. The first kappa shape index (κ1) is 22.0. The SMILES string of the molecule is CN(C(=O)c1cccc(Oc2cccc(C(F)(F)F)c2)c1)C1CCNCC1.Cl. The lowest BCUT2D eigenvalue weighted by molar-refractivity contribution is -0.137. The Kier molecular flexibility index (Phi) is 7.32. The van der Waals surface area contributed by atoms with Gasteiger partial charge in [-0.05, 0) is 62.3 Å². The molecule has 152 valence electrons. The van der Waals surface area contributed by atoms with E-state index in [9.17, 15) is 18.0 Å². The van der Waals surface area contributed by atoms with E-state index in [1.54, 1.807) is 36.2 Å². The Morgan fingerprint density at radius 2 is 1.68 bits per heavy atom. The summed E-state index contributed by atoms with van der Waals surface area (Å²) >= 11 is 0. The van der Waals surface area contributed by atoms with Gasteiger partial charge in [-0.3, -0.25) is 4.79 Å². The lowest BCUT2D eigenvalue weighted by Crippen LogP contribution is -2.43. The van der Waals surface area contributed by atoms with Crippen molar-refractivity contribution in [2.45, 2.75) is 25.1 Å². The van der Waals surface area contributed by atoms with Gasteiger partial charge in [0.2, 0.25) is 0 Å². The Hall–Kier alpha value is -2.25. The highest BCUT2D eigenvalue weighted by molar-refractivity contribution is 5.94. The zero-order valence-corrected chi connectivity index (χ0v) is 16.1. The first-order valence-electron chi connectivity index (χ1n) is 8.77. The normalized spacial score (nSPS) is 14.9. The fourth-order valence-corrected chi connectivity index (χ4v) is 3.13. The Bertz CT molecular complexity index is 808. The molecular weight excluding hydrogens is 393 g/mol. The Morgan fingerprint density at radius 1 is 1.07 bits per heavy atom. The summed E-state index contributed by atoms with van der Waals surface area (Å²) in [7, 11) is 1.78. The third kappa shape index (κ3) is 5.39. The summed E-state index contributed by atoms with van der Waals surface area (Å²) in [5, 5.41) is 3.26. The molecule has 1 fully saturated rings. The van der Waals surface area contributed by atoms with E-state index in [1.807, 2.05) is 0 Å². The lowest BCUT2D eigenvalue weighted by atomic mass is 10.0. The minimum Gasteiger partial charge on any atom is -0.457 e. The van der Waals surface area contributed by atoms with Gasteiger partial charge in [-0.2, -0.15) is 13.2 Å². The second kappa shape index (κ2) is 9.30. The van der Waals surface area contributed by atoms with E-state index in [-0.39, 0.29) is 30.1 Å². The van der Waals surface area contributed by atoms with E-state index in [0.717, 1.165) is 38.1 Å². The van der Waals surface area contributed by atoms with Gasteiger partial charge in [-0.25, -0.2) is 0 Å². The monoisotopic (exact) mass is 414 g/mol. The van der Waals surface area contributed by atoms with Crippen LogP contribution >= 0.6 is 12.4 Å². The topological polar surface area (TPSA) is 41.6 Å². The Labute approximate surface area is 168 Å². The molecule has 0 saturated carbocycles. The molecule has 0 aromatic heterocycles. The molecule has 1 aliphatic rings. The summed E-state index contributed by atoms with van der Waals surface area (Å²) in [6.07, 6.45) is -2.65. The van der Waals surface area contributed by atoms with Crippen molar-refractivity contribution in [3.63, 3.8) is 0 Å². The number of rotatable bonds is 4. The van der Waals surface area contributed by atoms with Gasteiger partial charge in [-0.15, -0.1) is 12.4 Å². The molecule has 0 atom stereocenters. The summed E-state index contributed by atoms with van der Waals surface area (Å²) in [5.74, 6) is 0.261. The molecule has 0 spiro atoms. The number of carbonyl (C=O) groups is 1. The quantitative estimate of drug-likeness (QED) is 0.785. The molecule has 28 heavy (non-hydrogen) atoms. The molecule has 1 saturated heterocycles. The number of hydrogen-bond acceptors (Lipinski definition) is 3. The van der Waals surface area contributed by atoms with Gasteiger partial charge >= 0.3 is 6.18 Å².